The lowest BCUT2D eigenvalue weighted by molar-refractivity contribution is -0.144. The number of anilines is 1. The highest BCUT2D eigenvalue weighted by atomic mass is 16.5. The molecule has 0 fully saturated rings. The van der Waals surface area contributed by atoms with Gasteiger partial charge < -0.3 is 9.64 Å². The fraction of sp³-hybridized carbons (Fsp3) is 0.417. The Morgan fingerprint density at radius 2 is 2.33 bits per heavy atom. The van der Waals surface area contributed by atoms with Crippen molar-refractivity contribution >= 4 is 17.3 Å². The molecule has 0 saturated heterocycles. The van der Waals surface area contributed by atoms with Crippen LogP contribution in [0.4, 0.5) is 5.82 Å². The summed E-state index contributed by atoms with van der Waals surface area (Å²) in [5, 5.41) is 4.15. The number of carbonyl (C=O) groups excluding carboxylic acids is 1. The first-order chi connectivity index (χ1) is 8.63. The fourth-order valence-electron chi connectivity index (χ4n) is 1.91. The summed E-state index contributed by atoms with van der Waals surface area (Å²) in [4.78, 5) is 17.7. The Labute approximate surface area is 105 Å². The van der Waals surface area contributed by atoms with E-state index in [0.717, 1.165) is 11.3 Å². The molecule has 0 aromatic carbocycles. The van der Waals surface area contributed by atoms with Crippen LogP contribution < -0.4 is 4.90 Å². The van der Waals surface area contributed by atoms with Gasteiger partial charge in [-0.05, 0) is 6.07 Å². The van der Waals surface area contributed by atoms with Gasteiger partial charge in [0, 0.05) is 26.0 Å². The lowest BCUT2D eigenvalue weighted by Gasteiger charge is -2.21. The highest BCUT2D eigenvalue weighted by Crippen LogP contribution is 2.17. The molecule has 0 radical (unpaired) electrons. The first-order valence-electron chi connectivity index (χ1n) is 5.70. The lowest BCUT2D eigenvalue weighted by atomic mass is 10.2. The van der Waals surface area contributed by atoms with Gasteiger partial charge in [0.1, 0.15) is 5.52 Å². The minimum absolute atomic E-state index is 0.204. The minimum atomic E-state index is -0.220. The van der Waals surface area contributed by atoms with Gasteiger partial charge in [-0.2, -0.15) is 5.10 Å². The van der Waals surface area contributed by atoms with E-state index < -0.39 is 0 Å². The average Bonchev–Trinajstić information content (AvgIpc) is 2.85. The molecular formula is C12H16N4O2. The monoisotopic (exact) mass is 248 g/mol. The van der Waals surface area contributed by atoms with E-state index in [1.54, 1.807) is 23.1 Å². The average molecular weight is 248 g/mol. The Hall–Kier alpha value is -2.11. The number of methoxy groups -OCH3 is 1. The van der Waals surface area contributed by atoms with E-state index in [2.05, 4.69) is 10.1 Å². The van der Waals surface area contributed by atoms with Gasteiger partial charge in [-0.15, -0.1) is 0 Å². The summed E-state index contributed by atoms with van der Waals surface area (Å²) in [5.74, 6) is 0.373. The third-order valence-electron chi connectivity index (χ3n) is 2.82. The molecule has 2 heterocycles. The fourth-order valence-corrected chi connectivity index (χ4v) is 1.91. The van der Waals surface area contributed by atoms with E-state index in [1.165, 1.54) is 7.11 Å². The van der Waals surface area contributed by atoms with Crippen LogP contribution in [0.2, 0.25) is 0 Å². The lowest BCUT2D eigenvalue weighted by Crippen LogP contribution is -2.30. The second-order valence-electron chi connectivity index (χ2n) is 4.22. The third-order valence-corrected chi connectivity index (χ3v) is 2.82. The van der Waals surface area contributed by atoms with E-state index in [9.17, 15) is 4.79 Å². The van der Waals surface area contributed by atoms with Gasteiger partial charge in [0.15, 0.2) is 5.82 Å². The Kier molecular flexibility index (Phi) is 3.45. The van der Waals surface area contributed by atoms with Crippen molar-refractivity contribution in [1.82, 2.24) is 14.6 Å². The van der Waals surface area contributed by atoms with Crippen LogP contribution in [-0.2, 0) is 9.53 Å². The molecule has 0 aliphatic carbocycles. The highest BCUT2D eigenvalue weighted by Gasteiger charge is 2.17. The largest absolute Gasteiger partial charge is 0.469 e. The zero-order chi connectivity index (χ0) is 13.1. The van der Waals surface area contributed by atoms with Crippen LogP contribution in [0, 0.1) is 5.92 Å². The van der Waals surface area contributed by atoms with Crippen molar-refractivity contribution in [2.45, 2.75) is 6.92 Å². The number of nitrogens with zero attached hydrogens (tertiary/aromatic N) is 4. The quantitative estimate of drug-likeness (QED) is 0.755. The Bertz CT molecular complexity index is 552. The van der Waals surface area contributed by atoms with Gasteiger partial charge >= 0.3 is 5.97 Å². The second-order valence-corrected chi connectivity index (χ2v) is 4.22. The zero-order valence-corrected chi connectivity index (χ0v) is 10.7. The summed E-state index contributed by atoms with van der Waals surface area (Å²) >= 11 is 0. The summed E-state index contributed by atoms with van der Waals surface area (Å²) in [6.45, 7) is 2.38. The molecule has 96 valence electrons. The summed E-state index contributed by atoms with van der Waals surface area (Å²) in [6.07, 6.45) is 5.20. The van der Waals surface area contributed by atoms with Gasteiger partial charge in [-0.3, -0.25) is 4.79 Å². The van der Waals surface area contributed by atoms with Crippen molar-refractivity contribution in [3.63, 3.8) is 0 Å². The van der Waals surface area contributed by atoms with Crippen LogP contribution in [0.5, 0.6) is 0 Å². The number of esters is 1. The summed E-state index contributed by atoms with van der Waals surface area (Å²) in [6, 6.07) is 1.89. The van der Waals surface area contributed by atoms with E-state index in [1.807, 2.05) is 24.9 Å². The normalized spacial score (nSPS) is 12.4. The van der Waals surface area contributed by atoms with E-state index in [-0.39, 0.29) is 11.9 Å². The maximum absolute atomic E-state index is 11.4. The van der Waals surface area contributed by atoms with Crippen LogP contribution >= 0.6 is 0 Å². The number of ether oxygens (including phenoxy) is 1. The van der Waals surface area contributed by atoms with Crippen LogP contribution in [0.3, 0.4) is 0 Å². The van der Waals surface area contributed by atoms with Gasteiger partial charge in [0.25, 0.3) is 0 Å². The minimum Gasteiger partial charge on any atom is -0.469 e. The smallest absolute Gasteiger partial charge is 0.310 e. The summed E-state index contributed by atoms with van der Waals surface area (Å²) in [7, 11) is 3.30. The van der Waals surface area contributed by atoms with Gasteiger partial charge in [-0.1, -0.05) is 6.92 Å². The third kappa shape index (κ3) is 2.27. The molecule has 2 aromatic rings. The Morgan fingerprint density at radius 3 is 3.06 bits per heavy atom. The van der Waals surface area contributed by atoms with E-state index in [0.29, 0.717) is 6.54 Å². The van der Waals surface area contributed by atoms with E-state index in [4.69, 9.17) is 4.74 Å². The Morgan fingerprint density at radius 1 is 1.56 bits per heavy atom. The molecule has 6 heteroatoms. The van der Waals surface area contributed by atoms with Crippen LogP contribution in [0.1, 0.15) is 6.92 Å². The van der Waals surface area contributed by atoms with Crippen molar-refractivity contribution in [2.75, 3.05) is 25.6 Å². The molecule has 0 N–H and O–H groups in total. The van der Waals surface area contributed by atoms with Crippen molar-refractivity contribution in [1.29, 1.82) is 0 Å². The van der Waals surface area contributed by atoms with Crippen LogP contribution in [0.15, 0.2) is 24.7 Å². The van der Waals surface area contributed by atoms with Gasteiger partial charge in [0.05, 0.1) is 19.2 Å². The topological polar surface area (TPSA) is 59.7 Å². The van der Waals surface area contributed by atoms with Crippen molar-refractivity contribution in [2.24, 2.45) is 5.92 Å². The van der Waals surface area contributed by atoms with Crippen molar-refractivity contribution in [3.8, 4) is 0 Å². The zero-order valence-electron chi connectivity index (χ0n) is 10.7. The number of aromatic nitrogens is 3. The van der Waals surface area contributed by atoms with E-state index >= 15 is 0 Å². The Balaban J connectivity index is 2.20. The molecule has 18 heavy (non-hydrogen) atoms. The molecule has 0 saturated carbocycles. The van der Waals surface area contributed by atoms with Crippen LogP contribution in [-0.4, -0.2) is 41.3 Å². The summed E-state index contributed by atoms with van der Waals surface area (Å²) in [5.41, 5.74) is 0.914. The predicted octanol–water partition coefficient (Wildman–Crippen LogP) is 0.975. The standard InChI is InChI=1S/C12H16N4O2/c1-9(12(17)18-3)8-15(2)11-10-4-5-14-16(10)7-6-13-11/h4-7,9H,8H2,1-3H3. The number of fused-ring (bicyclic) bond motifs is 1. The molecule has 0 spiro atoms. The SMILES string of the molecule is COC(=O)C(C)CN(C)c1nccn2nccc12. The van der Waals surface area contributed by atoms with Crippen LogP contribution in [0.25, 0.3) is 5.52 Å². The first-order valence-corrected chi connectivity index (χ1v) is 5.70. The van der Waals surface area contributed by atoms with Gasteiger partial charge in [0.2, 0.25) is 0 Å². The maximum atomic E-state index is 11.4. The highest BCUT2D eigenvalue weighted by molar-refractivity contribution is 5.74. The molecule has 0 amide bonds. The number of hydrogen-bond acceptors (Lipinski definition) is 5. The molecule has 1 atom stereocenters. The van der Waals surface area contributed by atoms with Crippen molar-refractivity contribution in [3.05, 3.63) is 24.7 Å². The molecule has 0 aliphatic heterocycles. The predicted molar refractivity (Wildman–Crippen MR) is 67.4 cm³/mol. The molecule has 0 aliphatic rings. The number of carbonyl (C=O) groups is 1. The molecule has 2 rings (SSSR count). The summed E-state index contributed by atoms with van der Waals surface area (Å²) < 4.78 is 6.47. The first kappa shape index (κ1) is 12.3. The molecule has 6 nitrogen and oxygen atoms in total. The molecule has 1 unspecified atom stereocenters. The molecular weight excluding hydrogens is 232 g/mol. The number of hydrogen-bond donors (Lipinski definition) is 0. The molecule has 0 bridgehead atoms. The van der Waals surface area contributed by atoms with Crippen molar-refractivity contribution < 1.29 is 9.53 Å². The second kappa shape index (κ2) is 5.03. The molecule has 2 aromatic heterocycles. The van der Waals surface area contributed by atoms with Gasteiger partial charge in [-0.25, -0.2) is 9.50 Å². The maximum Gasteiger partial charge on any atom is 0.310 e. The number of rotatable bonds is 4.